The predicted octanol–water partition coefficient (Wildman–Crippen LogP) is 4.04. The summed E-state index contributed by atoms with van der Waals surface area (Å²) in [5, 5.41) is 3.62. The van der Waals surface area contributed by atoms with E-state index in [9.17, 15) is 0 Å². The summed E-state index contributed by atoms with van der Waals surface area (Å²) in [5.41, 5.74) is 1.52. The third-order valence-electron chi connectivity index (χ3n) is 5.05. The highest BCUT2D eigenvalue weighted by Gasteiger charge is 2.41. The average molecular weight is 277 g/mol. The molecule has 112 valence electrons. The van der Waals surface area contributed by atoms with E-state index in [-0.39, 0.29) is 5.60 Å². The molecule has 1 aromatic heterocycles. The van der Waals surface area contributed by atoms with Gasteiger partial charge in [0.15, 0.2) is 0 Å². The van der Waals surface area contributed by atoms with Crippen LogP contribution in [0.2, 0.25) is 0 Å². The van der Waals surface area contributed by atoms with Gasteiger partial charge in [-0.05, 0) is 52.5 Å². The number of furan rings is 1. The summed E-state index contributed by atoms with van der Waals surface area (Å²) >= 11 is 0. The number of ether oxygens (including phenoxy) is 1. The lowest BCUT2D eigenvalue weighted by molar-refractivity contribution is -0.0357. The van der Waals surface area contributed by atoms with Crippen LogP contribution >= 0.6 is 0 Å². The van der Waals surface area contributed by atoms with Crippen molar-refractivity contribution in [1.82, 2.24) is 5.32 Å². The molecule has 3 rings (SSSR count). The van der Waals surface area contributed by atoms with Gasteiger partial charge in [-0.25, -0.2) is 0 Å². The van der Waals surface area contributed by atoms with E-state index in [1.807, 2.05) is 13.8 Å². The number of rotatable bonds is 4. The van der Waals surface area contributed by atoms with E-state index in [1.165, 1.54) is 44.1 Å². The van der Waals surface area contributed by atoms with E-state index in [1.54, 1.807) is 0 Å². The molecule has 2 fully saturated rings. The summed E-state index contributed by atoms with van der Waals surface area (Å²) in [6.45, 7) is 7.21. The Morgan fingerprint density at radius 2 is 2.05 bits per heavy atom. The number of hydrogen-bond acceptors (Lipinski definition) is 3. The second kappa shape index (κ2) is 5.53. The molecule has 1 spiro atoms. The highest BCUT2D eigenvalue weighted by atomic mass is 16.5. The Hall–Kier alpha value is -0.800. The van der Waals surface area contributed by atoms with Crippen LogP contribution in [0.4, 0.5) is 0 Å². The summed E-state index contributed by atoms with van der Waals surface area (Å²) in [5.74, 6) is 2.02. The van der Waals surface area contributed by atoms with Crippen LogP contribution in [0.1, 0.15) is 68.6 Å². The fourth-order valence-electron chi connectivity index (χ4n) is 3.92. The quantitative estimate of drug-likeness (QED) is 0.902. The van der Waals surface area contributed by atoms with Gasteiger partial charge in [-0.1, -0.05) is 12.8 Å². The predicted molar refractivity (Wildman–Crippen MR) is 79.9 cm³/mol. The highest BCUT2D eigenvalue weighted by molar-refractivity contribution is 5.23. The van der Waals surface area contributed by atoms with Gasteiger partial charge >= 0.3 is 0 Å². The Bertz CT molecular complexity index is 460. The lowest BCUT2D eigenvalue weighted by Gasteiger charge is -2.24. The van der Waals surface area contributed by atoms with Gasteiger partial charge in [0.2, 0.25) is 0 Å². The van der Waals surface area contributed by atoms with E-state index in [0.29, 0.717) is 12.1 Å². The minimum Gasteiger partial charge on any atom is -0.466 e. The second-order valence-electron chi connectivity index (χ2n) is 6.67. The molecule has 1 aromatic rings. The van der Waals surface area contributed by atoms with Crippen molar-refractivity contribution in [2.24, 2.45) is 0 Å². The van der Waals surface area contributed by atoms with E-state index in [4.69, 9.17) is 9.15 Å². The fourth-order valence-corrected chi connectivity index (χ4v) is 3.92. The third kappa shape index (κ3) is 2.79. The van der Waals surface area contributed by atoms with Gasteiger partial charge in [0.1, 0.15) is 11.5 Å². The summed E-state index contributed by atoms with van der Waals surface area (Å²) in [7, 11) is 0. The molecule has 0 aromatic carbocycles. The molecular weight excluding hydrogens is 250 g/mol. The first-order valence-electron chi connectivity index (χ1n) is 8.06. The van der Waals surface area contributed by atoms with Crippen LogP contribution in [0.5, 0.6) is 0 Å². The number of nitrogens with one attached hydrogen (secondary N) is 1. The first kappa shape index (κ1) is 14.2. The van der Waals surface area contributed by atoms with Gasteiger partial charge in [-0.3, -0.25) is 0 Å². The van der Waals surface area contributed by atoms with E-state index in [2.05, 4.69) is 18.3 Å². The number of aryl methyl sites for hydroxylation is 2. The Kier molecular flexibility index (Phi) is 3.91. The van der Waals surface area contributed by atoms with Crippen molar-refractivity contribution in [2.75, 3.05) is 6.54 Å². The van der Waals surface area contributed by atoms with Crippen LogP contribution in [-0.2, 0) is 4.74 Å². The Labute approximate surface area is 122 Å². The van der Waals surface area contributed by atoms with E-state index < -0.39 is 0 Å². The molecule has 3 nitrogen and oxygen atoms in total. The minimum absolute atomic E-state index is 0.248. The van der Waals surface area contributed by atoms with Crippen LogP contribution < -0.4 is 5.32 Å². The van der Waals surface area contributed by atoms with Gasteiger partial charge in [-0.2, -0.15) is 0 Å². The van der Waals surface area contributed by atoms with Crippen LogP contribution in [-0.4, -0.2) is 18.2 Å². The Balaban J connectivity index is 1.51. The maximum Gasteiger partial charge on any atom is 0.105 e. The van der Waals surface area contributed by atoms with Crippen LogP contribution in [0.25, 0.3) is 0 Å². The summed E-state index contributed by atoms with van der Waals surface area (Å²) in [4.78, 5) is 0. The smallest absolute Gasteiger partial charge is 0.105 e. The standard InChI is InChI=1S/C17H27NO2/c1-12-10-16(14(3)19-12)13(2)18-11-15-6-9-17(20-15)7-4-5-8-17/h10,13,15,18H,4-9,11H2,1-3H3. The molecule has 1 aliphatic heterocycles. The lowest BCUT2D eigenvalue weighted by Crippen LogP contribution is -2.32. The van der Waals surface area contributed by atoms with Crippen molar-refractivity contribution in [2.45, 2.75) is 77.0 Å². The first-order valence-corrected chi connectivity index (χ1v) is 8.06. The third-order valence-corrected chi connectivity index (χ3v) is 5.05. The van der Waals surface area contributed by atoms with Crippen molar-refractivity contribution in [3.63, 3.8) is 0 Å². The summed E-state index contributed by atoms with van der Waals surface area (Å²) < 4.78 is 12.0. The Morgan fingerprint density at radius 3 is 2.70 bits per heavy atom. The minimum atomic E-state index is 0.248. The molecule has 2 unspecified atom stereocenters. The molecule has 0 amide bonds. The largest absolute Gasteiger partial charge is 0.466 e. The second-order valence-corrected chi connectivity index (χ2v) is 6.67. The maximum atomic E-state index is 6.35. The van der Waals surface area contributed by atoms with E-state index >= 15 is 0 Å². The molecule has 0 radical (unpaired) electrons. The van der Waals surface area contributed by atoms with Gasteiger partial charge in [0.25, 0.3) is 0 Å². The monoisotopic (exact) mass is 277 g/mol. The van der Waals surface area contributed by atoms with Crippen molar-refractivity contribution < 1.29 is 9.15 Å². The van der Waals surface area contributed by atoms with Crippen LogP contribution in [0.15, 0.2) is 10.5 Å². The van der Waals surface area contributed by atoms with Crippen molar-refractivity contribution in [3.8, 4) is 0 Å². The Morgan fingerprint density at radius 1 is 1.30 bits per heavy atom. The summed E-state index contributed by atoms with van der Waals surface area (Å²) in [6, 6.07) is 2.47. The molecule has 2 atom stereocenters. The van der Waals surface area contributed by atoms with Crippen LogP contribution in [0.3, 0.4) is 0 Å². The van der Waals surface area contributed by atoms with Gasteiger partial charge in [0, 0.05) is 18.2 Å². The van der Waals surface area contributed by atoms with Crippen molar-refractivity contribution >= 4 is 0 Å². The van der Waals surface area contributed by atoms with Gasteiger partial charge in [0.05, 0.1) is 11.7 Å². The van der Waals surface area contributed by atoms with Crippen molar-refractivity contribution in [3.05, 3.63) is 23.2 Å². The molecule has 2 heterocycles. The summed E-state index contributed by atoms with van der Waals surface area (Å²) in [6.07, 6.45) is 8.12. The molecule has 1 N–H and O–H groups in total. The zero-order chi connectivity index (χ0) is 14.2. The van der Waals surface area contributed by atoms with Crippen LogP contribution in [0, 0.1) is 13.8 Å². The zero-order valence-electron chi connectivity index (χ0n) is 13.0. The maximum absolute atomic E-state index is 6.35. The van der Waals surface area contributed by atoms with Gasteiger partial charge < -0.3 is 14.5 Å². The molecule has 0 bridgehead atoms. The molecule has 1 aliphatic carbocycles. The molecular formula is C17H27NO2. The zero-order valence-corrected chi connectivity index (χ0v) is 13.0. The normalized spacial score (nSPS) is 26.4. The van der Waals surface area contributed by atoms with E-state index in [0.717, 1.165) is 18.1 Å². The molecule has 2 aliphatic rings. The molecule has 1 saturated heterocycles. The molecule has 1 saturated carbocycles. The highest BCUT2D eigenvalue weighted by Crippen LogP contribution is 2.43. The van der Waals surface area contributed by atoms with Crippen molar-refractivity contribution in [1.29, 1.82) is 0 Å². The SMILES string of the molecule is Cc1cc(C(C)NCC2CCC3(CCCC3)O2)c(C)o1. The average Bonchev–Trinajstić information content (AvgIpc) is 3.10. The topological polar surface area (TPSA) is 34.4 Å². The lowest BCUT2D eigenvalue weighted by atomic mass is 9.98. The van der Waals surface area contributed by atoms with Gasteiger partial charge in [-0.15, -0.1) is 0 Å². The number of hydrogen-bond donors (Lipinski definition) is 1. The molecule has 3 heteroatoms. The molecule has 20 heavy (non-hydrogen) atoms. The fraction of sp³-hybridized carbons (Fsp3) is 0.765. The first-order chi connectivity index (χ1) is 9.58.